The number of benzene rings is 1. The van der Waals surface area contributed by atoms with Crippen molar-refractivity contribution in [1.82, 2.24) is 0 Å². The molecule has 0 aromatic heterocycles. The van der Waals surface area contributed by atoms with Crippen molar-refractivity contribution < 1.29 is 4.43 Å². The molecule has 18 heavy (non-hydrogen) atoms. The van der Waals surface area contributed by atoms with Crippen LogP contribution in [0.5, 0.6) is 5.75 Å². The van der Waals surface area contributed by atoms with Crippen LogP contribution in [0.25, 0.3) is 0 Å². The van der Waals surface area contributed by atoms with Crippen molar-refractivity contribution in [3.63, 3.8) is 0 Å². The zero-order valence-electron chi connectivity index (χ0n) is 13.1. The van der Waals surface area contributed by atoms with Gasteiger partial charge in [-0.25, -0.2) is 0 Å². The van der Waals surface area contributed by atoms with Crippen LogP contribution < -0.4 is 10.2 Å². The molecule has 0 amide bonds. The number of nitrogen functional groups attached to an aromatic ring is 1. The second kappa shape index (κ2) is 4.61. The Hall–Kier alpha value is -0.963. The smallest absolute Gasteiger partial charge is 0.250 e. The van der Waals surface area contributed by atoms with Crippen LogP contribution >= 0.6 is 0 Å². The molecule has 1 aromatic rings. The fourth-order valence-electron chi connectivity index (χ4n) is 1.60. The van der Waals surface area contributed by atoms with Crippen molar-refractivity contribution in [3.8, 4) is 5.75 Å². The summed E-state index contributed by atoms with van der Waals surface area (Å²) in [6, 6.07) is 2.08. The first-order valence-corrected chi connectivity index (χ1v) is 9.43. The predicted molar refractivity (Wildman–Crippen MR) is 82.9 cm³/mol. The van der Waals surface area contributed by atoms with Gasteiger partial charge in [-0.15, -0.1) is 0 Å². The van der Waals surface area contributed by atoms with Crippen LogP contribution in [0.1, 0.15) is 37.5 Å². The third-order valence-electron chi connectivity index (χ3n) is 4.28. The highest BCUT2D eigenvalue weighted by Crippen LogP contribution is 2.39. The molecule has 102 valence electrons. The van der Waals surface area contributed by atoms with Gasteiger partial charge in [-0.1, -0.05) is 20.8 Å². The lowest BCUT2D eigenvalue weighted by Gasteiger charge is -2.37. The minimum Gasteiger partial charge on any atom is -0.543 e. The molecule has 1 aromatic carbocycles. The van der Waals surface area contributed by atoms with Crippen molar-refractivity contribution in [2.45, 2.75) is 59.7 Å². The van der Waals surface area contributed by atoms with Gasteiger partial charge < -0.3 is 10.2 Å². The number of anilines is 1. The maximum Gasteiger partial charge on any atom is 0.250 e. The highest BCUT2D eigenvalue weighted by Gasteiger charge is 2.39. The Balaban J connectivity index is 3.22. The van der Waals surface area contributed by atoms with E-state index in [1.807, 2.05) is 6.92 Å². The van der Waals surface area contributed by atoms with E-state index in [0.717, 1.165) is 22.6 Å². The molecule has 1 rings (SSSR count). The first kappa shape index (κ1) is 15.1. The summed E-state index contributed by atoms with van der Waals surface area (Å²) in [4.78, 5) is 0. The van der Waals surface area contributed by atoms with Gasteiger partial charge in [0.25, 0.3) is 0 Å². The summed E-state index contributed by atoms with van der Waals surface area (Å²) in [5.41, 5.74) is 10.4. The van der Waals surface area contributed by atoms with E-state index < -0.39 is 8.32 Å². The summed E-state index contributed by atoms with van der Waals surface area (Å²) >= 11 is 0. The molecular formula is C15H27NOSi. The van der Waals surface area contributed by atoms with Crippen molar-refractivity contribution in [2.75, 3.05) is 5.73 Å². The van der Waals surface area contributed by atoms with Gasteiger partial charge in [-0.2, -0.15) is 0 Å². The maximum atomic E-state index is 6.40. The van der Waals surface area contributed by atoms with Gasteiger partial charge in [0.05, 0.1) is 0 Å². The quantitative estimate of drug-likeness (QED) is 0.627. The van der Waals surface area contributed by atoms with Gasteiger partial charge in [-0.3, -0.25) is 0 Å². The van der Waals surface area contributed by atoms with E-state index in [9.17, 15) is 0 Å². The largest absolute Gasteiger partial charge is 0.543 e. The Labute approximate surface area is 113 Å². The van der Waals surface area contributed by atoms with Crippen LogP contribution in [0.4, 0.5) is 5.69 Å². The van der Waals surface area contributed by atoms with Crippen molar-refractivity contribution in [1.29, 1.82) is 0 Å². The molecule has 0 bridgehead atoms. The molecule has 0 saturated heterocycles. The molecule has 0 atom stereocenters. The third-order valence-corrected chi connectivity index (χ3v) is 8.62. The van der Waals surface area contributed by atoms with Gasteiger partial charge in [-0.05, 0) is 61.7 Å². The van der Waals surface area contributed by atoms with Gasteiger partial charge in [0.2, 0.25) is 8.32 Å². The Morgan fingerprint density at radius 3 is 2.00 bits per heavy atom. The molecule has 0 saturated carbocycles. The average molecular weight is 265 g/mol. The van der Waals surface area contributed by atoms with Crippen LogP contribution in [0, 0.1) is 20.8 Å². The monoisotopic (exact) mass is 265 g/mol. The molecular weight excluding hydrogens is 238 g/mol. The average Bonchev–Trinajstić information content (AvgIpc) is 2.21. The second-order valence-corrected chi connectivity index (χ2v) is 11.4. The SMILES string of the molecule is Cc1cc(O[Si](C)(C)C(C)(C)C)c(C)c(C)c1N. The molecule has 0 fully saturated rings. The summed E-state index contributed by atoms with van der Waals surface area (Å²) in [5, 5.41) is 0.211. The lowest BCUT2D eigenvalue weighted by molar-refractivity contribution is 0.488. The molecule has 0 spiro atoms. The van der Waals surface area contributed by atoms with Gasteiger partial charge in [0.15, 0.2) is 0 Å². The van der Waals surface area contributed by atoms with E-state index in [1.165, 1.54) is 5.56 Å². The van der Waals surface area contributed by atoms with E-state index >= 15 is 0 Å². The number of nitrogens with two attached hydrogens (primary N) is 1. The van der Waals surface area contributed by atoms with Crippen LogP contribution in [0.3, 0.4) is 0 Å². The van der Waals surface area contributed by atoms with E-state index in [1.54, 1.807) is 0 Å². The van der Waals surface area contributed by atoms with E-state index in [4.69, 9.17) is 10.2 Å². The fraction of sp³-hybridized carbons (Fsp3) is 0.600. The predicted octanol–water partition coefficient (Wildman–Crippen LogP) is 4.58. The molecule has 0 aliphatic rings. The Bertz CT molecular complexity index is 459. The summed E-state index contributed by atoms with van der Waals surface area (Å²) < 4.78 is 6.40. The van der Waals surface area contributed by atoms with E-state index in [2.05, 4.69) is 53.8 Å². The molecule has 2 nitrogen and oxygen atoms in total. The minimum absolute atomic E-state index is 0.211. The fourth-order valence-corrected chi connectivity index (χ4v) is 2.67. The molecule has 0 heterocycles. The Morgan fingerprint density at radius 2 is 1.56 bits per heavy atom. The topological polar surface area (TPSA) is 35.2 Å². The Kier molecular flexibility index (Phi) is 3.87. The molecule has 3 heteroatoms. The minimum atomic E-state index is -1.78. The van der Waals surface area contributed by atoms with E-state index in [0.29, 0.717) is 0 Å². The van der Waals surface area contributed by atoms with Crippen LogP contribution in [-0.2, 0) is 0 Å². The lowest BCUT2D eigenvalue weighted by Crippen LogP contribution is -2.44. The van der Waals surface area contributed by atoms with Crippen molar-refractivity contribution in [2.24, 2.45) is 0 Å². The standard InChI is InChI=1S/C15H27NOSi/c1-10-9-13(11(2)12(3)14(10)16)17-18(7,8)15(4,5)6/h9H,16H2,1-8H3. The van der Waals surface area contributed by atoms with Crippen LogP contribution in [-0.4, -0.2) is 8.32 Å². The molecule has 2 N–H and O–H groups in total. The van der Waals surface area contributed by atoms with Gasteiger partial charge >= 0.3 is 0 Å². The van der Waals surface area contributed by atoms with Crippen molar-refractivity contribution >= 4 is 14.0 Å². The lowest BCUT2D eigenvalue weighted by atomic mass is 10.0. The molecule has 0 unspecified atom stereocenters. The molecule has 0 aliphatic heterocycles. The zero-order valence-corrected chi connectivity index (χ0v) is 14.1. The number of rotatable bonds is 2. The summed E-state index contributed by atoms with van der Waals surface area (Å²) in [6.07, 6.45) is 0. The molecule has 0 aliphatic carbocycles. The summed E-state index contributed by atoms with van der Waals surface area (Å²) in [6.45, 7) is 17.5. The van der Waals surface area contributed by atoms with Gasteiger partial charge in [0, 0.05) is 5.69 Å². The highest BCUT2D eigenvalue weighted by molar-refractivity contribution is 6.74. The number of aryl methyl sites for hydroxylation is 1. The first-order chi connectivity index (χ1) is 7.97. The highest BCUT2D eigenvalue weighted by atomic mass is 28.4. The van der Waals surface area contributed by atoms with Gasteiger partial charge in [0.1, 0.15) is 5.75 Å². The first-order valence-electron chi connectivity index (χ1n) is 6.52. The summed E-state index contributed by atoms with van der Waals surface area (Å²) in [7, 11) is -1.78. The Morgan fingerprint density at radius 1 is 1.06 bits per heavy atom. The molecule has 0 radical (unpaired) electrons. The van der Waals surface area contributed by atoms with Crippen molar-refractivity contribution in [3.05, 3.63) is 22.8 Å². The number of hydrogen-bond acceptors (Lipinski definition) is 2. The third kappa shape index (κ3) is 2.71. The second-order valence-electron chi connectivity index (χ2n) is 6.72. The zero-order chi connectivity index (χ0) is 14.3. The normalized spacial score (nSPS) is 12.7. The number of hydrogen-bond donors (Lipinski definition) is 1. The van der Waals surface area contributed by atoms with Crippen LogP contribution in [0.15, 0.2) is 6.07 Å². The maximum absolute atomic E-state index is 6.40. The van der Waals surface area contributed by atoms with E-state index in [-0.39, 0.29) is 5.04 Å². The summed E-state index contributed by atoms with van der Waals surface area (Å²) in [5.74, 6) is 1.01. The van der Waals surface area contributed by atoms with Crippen LogP contribution in [0.2, 0.25) is 18.1 Å².